The van der Waals surface area contributed by atoms with Gasteiger partial charge in [0, 0.05) is 16.1 Å². The van der Waals surface area contributed by atoms with Gasteiger partial charge in [-0.05, 0) is 53.5 Å². The minimum Gasteiger partial charge on any atom is -0.490 e. The predicted molar refractivity (Wildman–Crippen MR) is 123 cm³/mol. The molecule has 0 aliphatic rings. The molecular formula is C22H21BrN4O4. The van der Waals surface area contributed by atoms with Gasteiger partial charge in [0.25, 0.3) is 5.69 Å². The average molecular weight is 485 g/mol. The monoisotopic (exact) mass is 484 g/mol. The van der Waals surface area contributed by atoms with E-state index in [2.05, 4.69) is 37.5 Å². The molecule has 3 aromatic rings. The van der Waals surface area contributed by atoms with Crippen LogP contribution in [0, 0.1) is 17.0 Å². The maximum absolute atomic E-state index is 10.7. The molecule has 0 spiro atoms. The molecule has 0 radical (unpaired) electrons. The topological polar surface area (TPSA) is 98.9 Å². The Hall–Kier alpha value is -3.46. The summed E-state index contributed by atoms with van der Waals surface area (Å²) >= 11 is 3.54. The number of hydrogen-bond donors (Lipinski definition) is 1. The van der Waals surface area contributed by atoms with E-state index in [0.29, 0.717) is 30.5 Å². The fraction of sp³-hybridized carbons (Fsp3) is 0.182. The number of aromatic nitrogens is 1. The zero-order valence-corrected chi connectivity index (χ0v) is 18.6. The van der Waals surface area contributed by atoms with Crippen molar-refractivity contribution in [1.82, 2.24) is 4.98 Å². The molecule has 0 bridgehead atoms. The van der Waals surface area contributed by atoms with Gasteiger partial charge >= 0.3 is 0 Å². The Morgan fingerprint density at radius 3 is 2.68 bits per heavy atom. The van der Waals surface area contributed by atoms with Crippen LogP contribution in [-0.2, 0) is 6.61 Å². The van der Waals surface area contributed by atoms with E-state index in [1.165, 1.54) is 23.9 Å². The molecular weight excluding hydrogens is 464 g/mol. The molecule has 0 aliphatic carbocycles. The quantitative estimate of drug-likeness (QED) is 0.245. The van der Waals surface area contributed by atoms with Crippen molar-refractivity contribution >= 4 is 33.6 Å². The molecule has 2 aromatic carbocycles. The summed E-state index contributed by atoms with van der Waals surface area (Å²) in [5.41, 5.74) is 5.68. The van der Waals surface area contributed by atoms with Crippen molar-refractivity contribution in [2.75, 3.05) is 12.0 Å². The van der Waals surface area contributed by atoms with Crippen LogP contribution in [0.4, 0.5) is 11.5 Å². The Kier molecular flexibility index (Phi) is 7.55. The lowest BCUT2D eigenvalue weighted by atomic mass is 10.1. The van der Waals surface area contributed by atoms with Crippen molar-refractivity contribution in [3.8, 4) is 11.5 Å². The number of nitrogens with zero attached hydrogens (tertiary/aromatic N) is 3. The molecule has 0 aliphatic heterocycles. The second-order valence-electron chi connectivity index (χ2n) is 6.56. The summed E-state index contributed by atoms with van der Waals surface area (Å²) in [7, 11) is 0. The molecule has 160 valence electrons. The number of aryl methyl sites for hydroxylation is 1. The average Bonchev–Trinajstić information content (AvgIpc) is 2.75. The fourth-order valence-corrected chi connectivity index (χ4v) is 3.15. The fourth-order valence-electron chi connectivity index (χ4n) is 2.72. The Bertz CT molecular complexity index is 1090. The second kappa shape index (κ2) is 10.5. The lowest BCUT2D eigenvalue weighted by molar-refractivity contribution is -0.385. The first-order chi connectivity index (χ1) is 15.0. The Morgan fingerprint density at radius 2 is 2.00 bits per heavy atom. The molecule has 1 aromatic heterocycles. The molecule has 0 unspecified atom stereocenters. The minimum atomic E-state index is -0.505. The summed E-state index contributed by atoms with van der Waals surface area (Å²) in [6.07, 6.45) is 2.77. The zero-order chi connectivity index (χ0) is 22.2. The third-order valence-electron chi connectivity index (χ3n) is 4.18. The van der Waals surface area contributed by atoms with Gasteiger partial charge in [0.1, 0.15) is 18.6 Å². The molecule has 0 saturated carbocycles. The maximum atomic E-state index is 10.7. The van der Waals surface area contributed by atoms with Crippen LogP contribution in [0.1, 0.15) is 23.6 Å². The molecule has 3 rings (SSSR count). The van der Waals surface area contributed by atoms with E-state index in [1.807, 2.05) is 44.2 Å². The number of benzene rings is 2. The number of pyridine rings is 1. The van der Waals surface area contributed by atoms with E-state index in [1.54, 1.807) is 6.21 Å². The Balaban J connectivity index is 1.72. The van der Waals surface area contributed by atoms with E-state index < -0.39 is 4.92 Å². The number of hydrazone groups is 1. The van der Waals surface area contributed by atoms with Gasteiger partial charge < -0.3 is 9.47 Å². The molecule has 1 N–H and O–H groups in total. The van der Waals surface area contributed by atoms with Crippen LogP contribution < -0.4 is 14.9 Å². The van der Waals surface area contributed by atoms with Gasteiger partial charge in [0.2, 0.25) is 0 Å². The Morgan fingerprint density at radius 1 is 1.19 bits per heavy atom. The van der Waals surface area contributed by atoms with Gasteiger partial charge in [-0.15, -0.1) is 0 Å². The smallest absolute Gasteiger partial charge is 0.287 e. The van der Waals surface area contributed by atoms with Crippen LogP contribution in [0.2, 0.25) is 0 Å². The summed E-state index contributed by atoms with van der Waals surface area (Å²) in [6.45, 7) is 4.86. The number of nitrogens with one attached hydrogen (secondary N) is 1. The Labute approximate surface area is 188 Å². The number of halogens is 1. The number of ether oxygens (including phenoxy) is 2. The van der Waals surface area contributed by atoms with Crippen molar-refractivity contribution in [2.24, 2.45) is 5.10 Å². The summed E-state index contributed by atoms with van der Waals surface area (Å²) in [4.78, 5) is 14.1. The van der Waals surface area contributed by atoms with Crippen molar-refractivity contribution in [3.63, 3.8) is 0 Å². The molecule has 0 amide bonds. The highest BCUT2D eigenvalue weighted by molar-refractivity contribution is 9.10. The summed E-state index contributed by atoms with van der Waals surface area (Å²) in [6, 6.07) is 14.6. The van der Waals surface area contributed by atoms with Crippen LogP contribution in [0.15, 0.2) is 64.3 Å². The SMILES string of the molecule is CCOc1cc(/C=N/Nc2ccc([N+](=O)[O-])cn2)c(Br)cc1OCc1cccc(C)c1. The van der Waals surface area contributed by atoms with Crippen LogP contribution in [0.3, 0.4) is 0 Å². The predicted octanol–water partition coefficient (Wildman–Crippen LogP) is 5.48. The van der Waals surface area contributed by atoms with Crippen molar-refractivity contribution in [2.45, 2.75) is 20.5 Å². The van der Waals surface area contributed by atoms with E-state index in [0.717, 1.165) is 15.6 Å². The molecule has 0 atom stereocenters. The zero-order valence-electron chi connectivity index (χ0n) is 17.0. The molecule has 31 heavy (non-hydrogen) atoms. The van der Waals surface area contributed by atoms with E-state index in [4.69, 9.17) is 9.47 Å². The second-order valence-corrected chi connectivity index (χ2v) is 7.41. The van der Waals surface area contributed by atoms with Gasteiger partial charge in [0.05, 0.1) is 17.7 Å². The van der Waals surface area contributed by atoms with Gasteiger partial charge in [-0.2, -0.15) is 5.10 Å². The maximum Gasteiger partial charge on any atom is 0.287 e. The first kappa shape index (κ1) is 22.2. The molecule has 0 fully saturated rings. The first-order valence-electron chi connectivity index (χ1n) is 9.50. The van der Waals surface area contributed by atoms with Crippen LogP contribution >= 0.6 is 15.9 Å². The third-order valence-corrected chi connectivity index (χ3v) is 4.87. The molecule has 8 nitrogen and oxygen atoms in total. The van der Waals surface area contributed by atoms with E-state index >= 15 is 0 Å². The highest BCUT2D eigenvalue weighted by Crippen LogP contribution is 2.34. The third kappa shape index (κ3) is 6.26. The highest BCUT2D eigenvalue weighted by atomic mass is 79.9. The van der Waals surface area contributed by atoms with Gasteiger partial charge in [-0.3, -0.25) is 15.5 Å². The summed E-state index contributed by atoms with van der Waals surface area (Å²) < 4.78 is 12.5. The van der Waals surface area contributed by atoms with Crippen LogP contribution in [-0.4, -0.2) is 22.7 Å². The van der Waals surface area contributed by atoms with Gasteiger partial charge in [-0.1, -0.05) is 29.8 Å². The van der Waals surface area contributed by atoms with Crippen molar-refractivity contribution < 1.29 is 14.4 Å². The number of anilines is 1. The standard InChI is InChI=1S/C22H21BrN4O4/c1-3-30-20-10-17(12-25-26-22-8-7-18(13-24-22)27(28)29)19(23)11-21(20)31-14-16-6-4-5-15(2)9-16/h4-13H,3,14H2,1-2H3,(H,24,26)/b25-12+. The lowest BCUT2D eigenvalue weighted by Gasteiger charge is -2.14. The normalized spacial score (nSPS) is 10.8. The highest BCUT2D eigenvalue weighted by Gasteiger charge is 2.11. The van der Waals surface area contributed by atoms with Crippen molar-refractivity contribution in [3.05, 3.63) is 86.0 Å². The van der Waals surface area contributed by atoms with Gasteiger partial charge in [0.15, 0.2) is 11.5 Å². The van der Waals surface area contributed by atoms with E-state index in [-0.39, 0.29) is 5.69 Å². The minimum absolute atomic E-state index is 0.0834. The largest absolute Gasteiger partial charge is 0.490 e. The first-order valence-corrected chi connectivity index (χ1v) is 10.3. The van der Waals surface area contributed by atoms with Crippen molar-refractivity contribution in [1.29, 1.82) is 0 Å². The summed E-state index contributed by atoms with van der Waals surface area (Å²) in [5.74, 6) is 1.62. The number of hydrogen-bond acceptors (Lipinski definition) is 7. The number of rotatable bonds is 9. The van der Waals surface area contributed by atoms with Crippen LogP contribution in [0.25, 0.3) is 0 Å². The molecule has 9 heteroatoms. The summed E-state index contributed by atoms with van der Waals surface area (Å²) in [5, 5.41) is 14.8. The van der Waals surface area contributed by atoms with Gasteiger partial charge in [-0.25, -0.2) is 4.98 Å². The molecule has 0 saturated heterocycles. The lowest BCUT2D eigenvalue weighted by Crippen LogP contribution is -2.02. The van der Waals surface area contributed by atoms with Crippen LogP contribution in [0.5, 0.6) is 11.5 Å². The van der Waals surface area contributed by atoms with E-state index in [9.17, 15) is 10.1 Å². The molecule has 1 heterocycles. The number of nitro groups is 1.